The van der Waals surface area contributed by atoms with Gasteiger partial charge in [0.25, 0.3) is 0 Å². The summed E-state index contributed by atoms with van der Waals surface area (Å²) in [6.07, 6.45) is 4.45. The minimum absolute atomic E-state index is 0.308. The highest BCUT2D eigenvalue weighted by atomic mass is 16.5. The maximum absolute atomic E-state index is 5.80. The molecule has 2 heterocycles. The minimum atomic E-state index is 0.308. The number of ether oxygens (including phenoxy) is 1. The van der Waals surface area contributed by atoms with Crippen molar-refractivity contribution in [1.82, 2.24) is 10.3 Å². The Morgan fingerprint density at radius 3 is 2.83 bits per heavy atom. The van der Waals surface area contributed by atoms with Crippen LogP contribution in [0.5, 0.6) is 0 Å². The number of hydrogen-bond donors (Lipinski definition) is 1. The molecule has 1 aliphatic rings. The molecule has 1 N–H and O–H groups in total. The van der Waals surface area contributed by atoms with E-state index in [9.17, 15) is 0 Å². The molecule has 0 saturated carbocycles. The highest BCUT2D eigenvalue weighted by molar-refractivity contribution is 5.08. The second kappa shape index (κ2) is 6.30. The average Bonchev–Trinajstić information content (AvgIpc) is 2.40. The first kappa shape index (κ1) is 13.5. The predicted molar refractivity (Wildman–Crippen MR) is 73.4 cm³/mol. The van der Waals surface area contributed by atoms with Gasteiger partial charge in [-0.05, 0) is 37.8 Å². The Morgan fingerprint density at radius 2 is 2.17 bits per heavy atom. The largest absolute Gasteiger partial charge is 0.378 e. The molecular formula is C15H24N2O. The molecule has 1 aromatic rings. The highest BCUT2D eigenvalue weighted by Crippen LogP contribution is 2.22. The quantitative estimate of drug-likeness (QED) is 0.889. The first-order valence-electron chi connectivity index (χ1n) is 6.95. The highest BCUT2D eigenvalue weighted by Gasteiger charge is 2.25. The fourth-order valence-corrected chi connectivity index (χ4v) is 2.52. The Balaban J connectivity index is 1.89. The molecule has 1 saturated heterocycles. The van der Waals surface area contributed by atoms with Crippen LogP contribution in [0.25, 0.3) is 0 Å². The molecule has 0 amide bonds. The summed E-state index contributed by atoms with van der Waals surface area (Å²) in [7, 11) is 0. The van der Waals surface area contributed by atoms with Gasteiger partial charge in [0.2, 0.25) is 0 Å². The van der Waals surface area contributed by atoms with Crippen LogP contribution in [0.3, 0.4) is 0 Å². The summed E-state index contributed by atoms with van der Waals surface area (Å²) in [5, 5.41) is 3.68. The van der Waals surface area contributed by atoms with Crippen LogP contribution in [0, 0.1) is 5.92 Å². The average molecular weight is 248 g/mol. The Kier molecular flexibility index (Phi) is 4.72. The lowest BCUT2D eigenvalue weighted by molar-refractivity contribution is -0.0257. The van der Waals surface area contributed by atoms with E-state index in [0.29, 0.717) is 24.1 Å². The molecule has 18 heavy (non-hydrogen) atoms. The van der Waals surface area contributed by atoms with Crippen molar-refractivity contribution in [3.05, 3.63) is 30.1 Å². The molecule has 1 fully saturated rings. The molecule has 2 rings (SSSR count). The van der Waals surface area contributed by atoms with Gasteiger partial charge in [-0.25, -0.2) is 0 Å². The first-order chi connectivity index (χ1) is 8.66. The number of rotatable bonds is 4. The molecule has 0 aromatic carbocycles. The third-order valence-electron chi connectivity index (χ3n) is 3.68. The van der Waals surface area contributed by atoms with Gasteiger partial charge >= 0.3 is 0 Å². The molecule has 2 unspecified atom stereocenters. The zero-order chi connectivity index (χ0) is 13.0. The van der Waals surface area contributed by atoms with Crippen molar-refractivity contribution in [3.8, 4) is 0 Å². The Labute approximate surface area is 110 Å². The minimum Gasteiger partial charge on any atom is -0.378 e. The molecule has 0 bridgehead atoms. The standard InChI is InChI=1S/C15H24N2O/c1-11(2)15-10-13(7-9-18-15)17-12(3)14-6-4-5-8-16-14/h4-6,8,11-13,15,17H,7,9-10H2,1-3H3/t12-,13?,15?/m1/s1. The topological polar surface area (TPSA) is 34.2 Å². The molecule has 3 atom stereocenters. The number of aromatic nitrogens is 1. The SMILES string of the molecule is CC(C)C1CC(N[C@H](C)c2ccccn2)CCO1. The predicted octanol–water partition coefficient (Wildman–Crippen LogP) is 2.94. The molecule has 1 aromatic heterocycles. The second-order valence-corrected chi connectivity index (χ2v) is 5.52. The van der Waals surface area contributed by atoms with Crippen LogP contribution >= 0.6 is 0 Å². The van der Waals surface area contributed by atoms with Crippen LogP contribution in [-0.4, -0.2) is 23.7 Å². The van der Waals surface area contributed by atoms with E-state index in [1.54, 1.807) is 0 Å². The monoisotopic (exact) mass is 248 g/mol. The molecule has 3 nitrogen and oxygen atoms in total. The second-order valence-electron chi connectivity index (χ2n) is 5.52. The van der Waals surface area contributed by atoms with E-state index >= 15 is 0 Å². The molecule has 1 aliphatic heterocycles. The number of pyridine rings is 1. The number of hydrogen-bond acceptors (Lipinski definition) is 3. The van der Waals surface area contributed by atoms with Crippen molar-refractivity contribution < 1.29 is 4.74 Å². The van der Waals surface area contributed by atoms with E-state index in [-0.39, 0.29) is 0 Å². The van der Waals surface area contributed by atoms with Gasteiger partial charge in [0, 0.05) is 24.9 Å². The van der Waals surface area contributed by atoms with E-state index in [0.717, 1.165) is 25.1 Å². The maximum Gasteiger partial charge on any atom is 0.0612 e. The third kappa shape index (κ3) is 3.53. The fraction of sp³-hybridized carbons (Fsp3) is 0.667. The number of nitrogens with zero attached hydrogens (tertiary/aromatic N) is 1. The summed E-state index contributed by atoms with van der Waals surface area (Å²) in [4.78, 5) is 4.40. The summed E-state index contributed by atoms with van der Waals surface area (Å²) in [6, 6.07) is 6.93. The van der Waals surface area contributed by atoms with E-state index in [1.165, 1.54) is 0 Å². The van der Waals surface area contributed by atoms with Gasteiger partial charge in [0.05, 0.1) is 11.8 Å². The zero-order valence-corrected chi connectivity index (χ0v) is 11.6. The Morgan fingerprint density at radius 1 is 1.33 bits per heavy atom. The zero-order valence-electron chi connectivity index (χ0n) is 11.6. The van der Waals surface area contributed by atoms with E-state index in [1.807, 2.05) is 18.3 Å². The lowest BCUT2D eigenvalue weighted by Gasteiger charge is -2.34. The normalized spacial score (nSPS) is 26.2. The summed E-state index contributed by atoms with van der Waals surface area (Å²) in [5.74, 6) is 0.597. The van der Waals surface area contributed by atoms with Crippen molar-refractivity contribution in [2.24, 2.45) is 5.92 Å². The lowest BCUT2D eigenvalue weighted by atomic mass is 9.95. The van der Waals surface area contributed by atoms with E-state index in [4.69, 9.17) is 4.74 Å². The maximum atomic E-state index is 5.80. The number of nitrogens with one attached hydrogen (secondary N) is 1. The third-order valence-corrected chi connectivity index (χ3v) is 3.68. The van der Waals surface area contributed by atoms with Crippen LogP contribution in [0.4, 0.5) is 0 Å². The molecule has 100 valence electrons. The van der Waals surface area contributed by atoms with Gasteiger partial charge in [-0.1, -0.05) is 19.9 Å². The van der Waals surface area contributed by atoms with Crippen LogP contribution < -0.4 is 5.32 Å². The Bertz CT molecular complexity index is 353. The van der Waals surface area contributed by atoms with Gasteiger partial charge in [0.15, 0.2) is 0 Å². The smallest absolute Gasteiger partial charge is 0.0612 e. The van der Waals surface area contributed by atoms with Gasteiger partial charge in [0.1, 0.15) is 0 Å². The van der Waals surface area contributed by atoms with Crippen LogP contribution in [-0.2, 0) is 4.74 Å². The van der Waals surface area contributed by atoms with Gasteiger partial charge in [-0.15, -0.1) is 0 Å². The van der Waals surface area contributed by atoms with Crippen molar-refractivity contribution in [3.63, 3.8) is 0 Å². The van der Waals surface area contributed by atoms with Crippen molar-refractivity contribution >= 4 is 0 Å². The lowest BCUT2D eigenvalue weighted by Crippen LogP contribution is -2.41. The summed E-state index contributed by atoms with van der Waals surface area (Å²) >= 11 is 0. The molecule has 3 heteroatoms. The summed E-state index contributed by atoms with van der Waals surface area (Å²) < 4.78 is 5.80. The summed E-state index contributed by atoms with van der Waals surface area (Å²) in [6.45, 7) is 7.52. The fourth-order valence-electron chi connectivity index (χ4n) is 2.52. The van der Waals surface area contributed by atoms with Gasteiger partial charge in [-0.2, -0.15) is 0 Å². The van der Waals surface area contributed by atoms with Crippen LogP contribution in [0.15, 0.2) is 24.4 Å². The molecule has 0 aliphatic carbocycles. The molecule has 0 radical (unpaired) electrons. The van der Waals surface area contributed by atoms with Crippen molar-refractivity contribution in [1.29, 1.82) is 0 Å². The van der Waals surface area contributed by atoms with E-state index < -0.39 is 0 Å². The van der Waals surface area contributed by atoms with Gasteiger partial charge < -0.3 is 10.1 Å². The van der Waals surface area contributed by atoms with Crippen molar-refractivity contribution in [2.75, 3.05) is 6.61 Å². The van der Waals surface area contributed by atoms with Crippen LogP contribution in [0.1, 0.15) is 45.3 Å². The molecular weight excluding hydrogens is 224 g/mol. The molecule has 0 spiro atoms. The van der Waals surface area contributed by atoms with E-state index in [2.05, 4.69) is 37.1 Å². The first-order valence-corrected chi connectivity index (χ1v) is 6.95. The Hall–Kier alpha value is -0.930. The van der Waals surface area contributed by atoms with Crippen molar-refractivity contribution in [2.45, 2.75) is 51.8 Å². The van der Waals surface area contributed by atoms with Crippen LogP contribution in [0.2, 0.25) is 0 Å². The van der Waals surface area contributed by atoms with Gasteiger partial charge in [-0.3, -0.25) is 4.98 Å². The summed E-state index contributed by atoms with van der Waals surface area (Å²) in [5.41, 5.74) is 1.12.